The summed E-state index contributed by atoms with van der Waals surface area (Å²) in [7, 11) is -3.41. The first-order valence-corrected chi connectivity index (χ1v) is 19.5. The summed E-state index contributed by atoms with van der Waals surface area (Å²) < 4.78 is 39.2. The van der Waals surface area contributed by atoms with E-state index in [4.69, 9.17) is 41.6 Å². The minimum absolute atomic E-state index is 0.0583. The zero-order chi connectivity index (χ0) is 34.1. The van der Waals surface area contributed by atoms with Crippen LogP contribution in [0.25, 0.3) is 11.3 Å². The number of sulfone groups is 1. The van der Waals surface area contributed by atoms with Crippen molar-refractivity contribution in [2.24, 2.45) is 5.92 Å². The maximum absolute atomic E-state index is 12.8. The topological polar surface area (TPSA) is 122 Å². The molecule has 1 aromatic heterocycles. The first-order chi connectivity index (χ1) is 22.4. The lowest BCUT2D eigenvalue weighted by molar-refractivity contribution is -0.155. The van der Waals surface area contributed by atoms with Crippen LogP contribution in [0.1, 0.15) is 100 Å². The van der Waals surface area contributed by atoms with Gasteiger partial charge in [0.2, 0.25) is 0 Å². The fraction of sp³-hybridized carbons (Fsp3) is 0.500. The van der Waals surface area contributed by atoms with Gasteiger partial charge in [-0.15, -0.1) is 4.33 Å². The predicted molar refractivity (Wildman–Crippen MR) is 183 cm³/mol. The molecule has 2 saturated carbocycles. The summed E-state index contributed by atoms with van der Waals surface area (Å²) in [6.07, 6.45) is 12.5. The van der Waals surface area contributed by atoms with E-state index >= 15 is 0 Å². The summed E-state index contributed by atoms with van der Waals surface area (Å²) in [5.41, 5.74) is 2.22. The van der Waals surface area contributed by atoms with E-state index in [0.717, 1.165) is 67.4 Å². The van der Waals surface area contributed by atoms with Gasteiger partial charge >= 0.3 is 5.97 Å². The van der Waals surface area contributed by atoms with Gasteiger partial charge in [-0.25, -0.2) is 13.4 Å². The molecule has 13 heteroatoms. The number of oxazole rings is 1. The first kappa shape index (κ1) is 37.3. The fourth-order valence-corrected chi connectivity index (χ4v) is 7.48. The maximum Gasteiger partial charge on any atom is 0.303 e. The van der Waals surface area contributed by atoms with Crippen LogP contribution in [0.5, 0.6) is 5.75 Å². The van der Waals surface area contributed by atoms with E-state index in [0.29, 0.717) is 28.1 Å². The molecule has 0 spiro atoms. The van der Waals surface area contributed by atoms with Gasteiger partial charge < -0.3 is 14.0 Å². The fourth-order valence-electron chi connectivity index (χ4n) is 6.09. The molecule has 2 aliphatic carbocycles. The first-order valence-electron chi connectivity index (χ1n) is 15.7. The number of nitrogens with zero attached hydrogens (tertiary/aromatic N) is 1. The summed E-state index contributed by atoms with van der Waals surface area (Å²) >= 11 is 13.8. The molecule has 2 fully saturated rings. The van der Waals surface area contributed by atoms with Crippen LogP contribution in [0, 0.1) is 12.8 Å². The summed E-state index contributed by atoms with van der Waals surface area (Å²) in [6.45, 7) is 3.12. The van der Waals surface area contributed by atoms with Gasteiger partial charge in [0, 0.05) is 72.5 Å². The van der Waals surface area contributed by atoms with E-state index < -0.39 is 21.9 Å². The quantitative estimate of drug-likeness (QED) is 0.0864. The standard InChI is InChI=1S/C17H20ClNO3S.C17H21ClO5S/c1-11-19-16(12-6-4-3-5-7-12)17(20-11)14-9-8-13(10-15(14)18)21-22-23-2;1-11(19)23-17(16(20)12-6-4-3-5-7-12)14-9-8-13(10-15(14)18)24(2,21)22/h8-10,12H,3-7H2,1-2H3;8-10,12,17H,3-7H2,1-2H3. The second-order valence-corrected chi connectivity index (χ2v) is 15.2. The molecular formula is C34H41Cl2NO8S2. The Morgan fingerprint density at radius 1 is 0.957 bits per heavy atom. The number of Topliss-reactive ketones (excluding diaryl/α,β-unsaturated/α-hetero) is 1. The third-order valence-corrected chi connectivity index (χ3v) is 10.3. The van der Waals surface area contributed by atoms with Crippen LogP contribution in [-0.2, 0) is 28.5 Å². The number of aryl methyl sites for hydroxylation is 1. The van der Waals surface area contributed by atoms with Gasteiger partial charge in [-0.05, 0) is 49.9 Å². The summed E-state index contributed by atoms with van der Waals surface area (Å²) in [5.74, 6) is 1.59. The van der Waals surface area contributed by atoms with Crippen LogP contribution < -0.4 is 4.89 Å². The lowest BCUT2D eigenvalue weighted by atomic mass is 9.83. The third kappa shape index (κ3) is 10.2. The number of hydrogen-bond donors (Lipinski definition) is 0. The highest BCUT2D eigenvalue weighted by molar-refractivity contribution is 7.93. The van der Waals surface area contributed by atoms with E-state index in [1.54, 1.807) is 12.3 Å². The largest absolute Gasteiger partial charge is 0.450 e. The summed E-state index contributed by atoms with van der Waals surface area (Å²) in [6, 6.07) is 9.56. The van der Waals surface area contributed by atoms with Crippen LogP contribution in [0.2, 0.25) is 10.0 Å². The van der Waals surface area contributed by atoms with Crippen molar-refractivity contribution in [2.75, 3.05) is 12.5 Å². The monoisotopic (exact) mass is 725 g/mol. The number of aromatic nitrogens is 1. The number of rotatable bonds is 10. The van der Waals surface area contributed by atoms with E-state index in [9.17, 15) is 18.0 Å². The van der Waals surface area contributed by atoms with Crippen LogP contribution in [0.3, 0.4) is 0 Å². The number of esters is 1. The highest BCUT2D eigenvalue weighted by Gasteiger charge is 2.33. The van der Waals surface area contributed by atoms with Gasteiger partial charge in [-0.1, -0.05) is 67.8 Å². The molecule has 2 aliphatic rings. The molecule has 1 unspecified atom stereocenters. The van der Waals surface area contributed by atoms with Crippen molar-refractivity contribution in [1.82, 2.24) is 4.98 Å². The lowest BCUT2D eigenvalue weighted by Crippen LogP contribution is -2.27. The van der Waals surface area contributed by atoms with Crippen molar-refractivity contribution >= 4 is 56.8 Å². The number of ether oxygens (including phenoxy) is 1. The van der Waals surface area contributed by atoms with E-state index in [-0.39, 0.29) is 21.6 Å². The molecule has 47 heavy (non-hydrogen) atoms. The number of carbonyl (C=O) groups is 2. The molecule has 0 radical (unpaired) electrons. The molecule has 1 atom stereocenters. The highest BCUT2D eigenvalue weighted by Crippen LogP contribution is 2.41. The summed E-state index contributed by atoms with van der Waals surface area (Å²) in [4.78, 5) is 34.1. The second-order valence-electron chi connectivity index (χ2n) is 11.9. The SMILES string of the molecule is CC(=O)OC(C(=O)C1CCCCC1)c1ccc(S(C)(=O)=O)cc1Cl.CSOOc1ccc(-c2oc(C)nc2C2CCCCC2)c(Cl)c1. The van der Waals surface area contributed by atoms with Crippen LogP contribution >= 0.6 is 35.2 Å². The Labute approximate surface area is 291 Å². The van der Waals surface area contributed by atoms with E-state index in [2.05, 4.69) is 4.98 Å². The average Bonchev–Trinajstić information content (AvgIpc) is 3.44. The van der Waals surface area contributed by atoms with Gasteiger partial charge in [0.1, 0.15) is 0 Å². The Balaban J connectivity index is 0.000000213. The van der Waals surface area contributed by atoms with Crippen LogP contribution in [0.15, 0.2) is 45.7 Å². The zero-order valence-electron chi connectivity index (χ0n) is 27.1. The van der Waals surface area contributed by atoms with Crippen LogP contribution in [-0.4, -0.2) is 37.7 Å². The smallest absolute Gasteiger partial charge is 0.303 e. The van der Waals surface area contributed by atoms with Gasteiger partial charge in [0.05, 0.1) is 15.6 Å². The normalized spacial score (nSPS) is 16.6. The maximum atomic E-state index is 12.8. The Bertz CT molecular complexity index is 1650. The molecule has 256 valence electrons. The van der Waals surface area contributed by atoms with Crippen molar-refractivity contribution in [2.45, 2.75) is 95.0 Å². The zero-order valence-corrected chi connectivity index (χ0v) is 30.2. The number of halogens is 2. The predicted octanol–water partition coefficient (Wildman–Crippen LogP) is 9.44. The molecule has 0 amide bonds. The van der Waals surface area contributed by atoms with Gasteiger partial charge in [-0.3, -0.25) is 9.59 Å². The second kappa shape index (κ2) is 17.2. The average molecular weight is 727 g/mol. The molecule has 0 saturated heterocycles. The Morgan fingerprint density at radius 3 is 2.19 bits per heavy atom. The molecule has 0 aliphatic heterocycles. The molecular weight excluding hydrogens is 685 g/mol. The molecule has 1 heterocycles. The molecule has 0 N–H and O–H groups in total. The molecule has 3 aromatic rings. The Hall–Kier alpha value is -2.57. The molecule has 5 rings (SSSR count). The van der Waals surface area contributed by atoms with Gasteiger partial charge in [-0.2, -0.15) is 0 Å². The molecule has 0 bridgehead atoms. The van der Waals surface area contributed by atoms with Crippen molar-refractivity contribution in [3.05, 3.63) is 63.6 Å². The Morgan fingerprint density at radius 2 is 1.62 bits per heavy atom. The minimum atomic E-state index is -3.41. The van der Waals surface area contributed by atoms with Gasteiger partial charge in [0.15, 0.2) is 39.1 Å². The highest BCUT2D eigenvalue weighted by atomic mass is 35.5. The van der Waals surface area contributed by atoms with Crippen molar-refractivity contribution < 1.29 is 36.4 Å². The van der Waals surface area contributed by atoms with E-state index in [1.165, 1.54) is 57.2 Å². The number of benzene rings is 2. The van der Waals surface area contributed by atoms with Gasteiger partial charge in [0.25, 0.3) is 0 Å². The third-order valence-electron chi connectivity index (χ3n) is 8.37. The number of hydrogen-bond acceptors (Lipinski definition) is 10. The molecule has 2 aromatic carbocycles. The number of carbonyl (C=O) groups excluding carboxylic acids is 2. The molecule has 9 nitrogen and oxygen atoms in total. The van der Waals surface area contributed by atoms with E-state index in [1.807, 2.05) is 19.1 Å². The Kier molecular flexibility index (Phi) is 13.6. The summed E-state index contributed by atoms with van der Waals surface area (Å²) in [5, 5.41) is 0.675. The minimum Gasteiger partial charge on any atom is -0.450 e. The van der Waals surface area contributed by atoms with Crippen molar-refractivity contribution in [3.8, 4) is 17.1 Å². The lowest BCUT2D eigenvalue weighted by Gasteiger charge is -2.25. The van der Waals surface area contributed by atoms with Crippen molar-refractivity contribution in [1.29, 1.82) is 0 Å². The van der Waals surface area contributed by atoms with Crippen LogP contribution in [0.4, 0.5) is 0 Å². The van der Waals surface area contributed by atoms with Crippen molar-refractivity contribution in [3.63, 3.8) is 0 Å². The number of ketones is 1.